The summed E-state index contributed by atoms with van der Waals surface area (Å²) in [5, 5.41) is 3.49. The highest BCUT2D eigenvalue weighted by atomic mass is 32.1. The smallest absolute Gasteiger partial charge is 0.257 e. The van der Waals surface area contributed by atoms with Crippen LogP contribution >= 0.6 is 11.3 Å². The van der Waals surface area contributed by atoms with Gasteiger partial charge in [-0.1, -0.05) is 18.2 Å². The molecule has 2 aliphatic rings. The standard InChI is InChI=1S/C26H28N4O3S/c1-33-20-12-10-19(11-13-20)29-14-16-30(17-15-29)25(32)21-8-5-9-22-23(21)27-26(34-22)28-24(31)18-6-3-2-4-7-18/h2-4,6-7,10-13,21H,5,8-9,14-17H2,1H3,(H,27,28,31). The number of benzene rings is 2. The van der Waals surface area contributed by atoms with Gasteiger partial charge in [0.15, 0.2) is 5.13 Å². The molecule has 34 heavy (non-hydrogen) atoms. The Kier molecular flexibility index (Phi) is 6.49. The second-order valence-electron chi connectivity index (χ2n) is 8.60. The van der Waals surface area contributed by atoms with Crippen molar-refractivity contribution in [1.82, 2.24) is 9.88 Å². The summed E-state index contributed by atoms with van der Waals surface area (Å²) in [6.45, 7) is 2.98. The second-order valence-corrected chi connectivity index (χ2v) is 9.69. The van der Waals surface area contributed by atoms with Crippen LogP contribution in [-0.2, 0) is 11.2 Å². The maximum Gasteiger partial charge on any atom is 0.257 e. The first-order valence-electron chi connectivity index (χ1n) is 11.7. The van der Waals surface area contributed by atoms with E-state index in [1.807, 2.05) is 35.2 Å². The summed E-state index contributed by atoms with van der Waals surface area (Å²) in [6.07, 6.45) is 2.67. The van der Waals surface area contributed by atoms with E-state index < -0.39 is 0 Å². The molecule has 1 aromatic heterocycles. The quantitative estimate of drug-likeness (QED) is 0.598. The summed E-state index contributed by atoms with van der Waals surface area (Å²) < 4.78 is 5.25. The number of rotatable bonds is 5. The largest absolute Gasteiger partial charge is 0.497 e. The zero-order valence-electron chi connectivity index (χ0n) is 19.2. The molecule has 1 aliphatic heterocycles. The molecule has 2 amide bonds. The van der Waals surface area contributed by atoms with Crippen molar-refractivity contribution < 1.29 is 14.3 Å². The molecular weight excluding hydrogens is 448 g/mol. The Morgan fingerprint density at radius 1 is 1.03 bits per heavy atom. The third kappa shape index (κ3) is 4.63. The third-order valence-electron chi connectivity index (χ3n) is 6.54. The predicted octanol–water partition coefficient (Wildman–Crippen LogP) is 4.17. The summed E-state index contributed by atoms with van der Waals surface area (Å²) in [5.41, 5.74) is 2.59. The first-order valence-corrected chi connectivity index (χ1v) is 12.5. The molecule has 1 fully saturated rings. The molecule has 0 spiro atoms. The van der Waals surface area contributed by atoms with E-state index in [2.05, 4.69) is 22.3 Å². The third-order valence-corrected chi connectivity index (χ3v) is 7.58. The highest BCUT2D eigenvalue weighted by Gasteiger charge is 2.34. The number of carbonyl (C=O) groups excluding carboxylic acids is 2. The lowest BCUT2D eigenvalue weighted by Gasteiger charge is -2.38. The number of amides is 2. The van der Waals surface area contributed by atoms with Gasteiger partial charge in [-0.25, -0.2) is 4.98 Å². The van der Waals surface area contributed by atoms with E-state index >= 15 is 0 Å². The van der Waals surface area contributed by atoms with Crippen LogP contribution in [0.5, 0.6) is 5.75 Å². The Hall–Kier alpha value is -3.39. The van der Waals surface area contributed by atoms with Crippen molar-refractivity contribution in [3.05, 3.63) is 70.7 Å². The van der Waals surface area contributed by atoms with Gasteiger partial charge in [0.25, 0.3) is 5.91 Å². The fourth-order valence-electron chi connectivity index (χ4n) is 4.67. The lowest BCUT2D eigenvalue weighted by Crippen LogP contribution is -2.50. The maximum absolute atomic E-state index is 13.5. The SMILES string of the molecule is COc1ccc(N2CCN(C(=O)C3CCCc4sc(NC(=O)c5ccccc5)nc43)CC2)cc1. The average Bonchev–Trinajstić information content (AvgIpc) is 3.31. The van der Waals surface area contributed by atoms with E-state index in [-0.39, 0.29) is 17.7 Å². The van der Waals surface area contributed by atoms with Crippen molar-refractivity contribution in [3.8, 4) is 5.75 Å². The highest BCUT2D eigenvalue weighted by Crippen LogP contribution is 2.38. The summed E-state index contributed by atoms with van der Waals surface area (Å²) in [5.74, 6) is 0.592. The Labute approximate surface area is 203 Å². The van der Waals surface area contributed by atoms with Crippen LogP contribution in [0.15, 0.2) is 54.6 Å². The fraction of sp³-hybridized carbons (Fsp3) is 0.346. The fourth-order valence-corrected chi connectivity index (χ4v) is 5.73. The van der Waals surface area contributed by atoms with E-state index in [4.69, 9.17) is 9.72 Å². The van der Waals surface area contributed by atoms with Crippen LogP contribution in [0.1, 0.15) is 39.7 Å². The van der Waals surface area contributed by atoms with Crippen LogP contribution in [0.25, 0.3) is 0 Å². The van der Waals surface area contributed by atoms with Gasteiger partial charge in [0.2, 0.25) is 5.91 Å². The molecule has 176 valence electrons. The molecule has 1 atom stereocenters. The molecule has 1 aliphatic carbocycles. The van der Waals surface area contributed by atoms with E-state index in [1.54, 1.807) is 19.2 Å². The Balaban J connectivity index is 1.24. The number of nitrogens with one attached hydrogen (secondary N) is 1. The Bertz CT molecular complexity index is 1150. The van der Waals surface area contributed by atoms with Crippen molar-refractivity contribution in [3.63, 3.8) is 0 Å². The number of carbonyl (C=O) groups is 2. The van der Waals surface area contributed by atoms with E-state index in [0.717, 1.165) is 54.4 Å². The van der Waals surface area contributed by atoms with E-state index in [1.165, 1.54) is 11.3 Å². The molecule has 3 aromatic rings. The number of hydrogen-bond acceptors (Lipinski definition) is 6. The molecular formula is C26H28N4O3S. The zero-order chi connectivity index (χ0) is 23.5. The molecule has 7 nitrogen and oxygen atoms in total. The molecule has 8 heteroatoms. The van der Waals surface area contributed by atoms with E-state index in [0.29, 0.717) is 23.8 Å². The number of hydrogen-bond donors (Lipinski definition) is 1. The van der Waals surface area contributed by atoms with Gasteiger partial charge in [0, 0.05) is 42.3 Å². The van der Waals surface area contributed by atoms with Gasteiger partial charge in [0.05, 0.1) is 18.7 Å². The molecule has 0 radical (unpaired) electrons. The lowest BCUT2D eigenvalue weighted by molar-refractivity contribution is -0.133. The number of ether oxygens (including phenoxy) is 1. The topological polar surface area (TPSA) is 74.8 Å². The highest BCUT2D eigenvalue weighted by molar-refractivity contribution is 7.16. The van der Waals surface area contributed by atoms with Gasteiger partial charge < -0.3 is 14.5 Å². The Morgan fingerprint density at radius 3 is 2.47 bits per heavy atom. The number of aryl methyl sites for hydroxylation is 1. The molecule has 0 bridgehead atoms. The first-order chi connectivity index (χ1) is 16.6. The number of piperazine rings is 1. The molecule has 1 unspecified atom stereocenters. The van der Waals surface area contributed by atoms with Crippen LogP contribution in [-0.4, -0.2) is 55.0 Å². The van der Waals surface area contributed by atoms with Gasteiger partial charge in [-0.3, -0.25) is 14.9 Å². The zero-order valence-corrected chi connectivity index (χ0v) is 20.0. The normalized spacial score (nSPS) is 17.7. The number of anilines is 2. The van der Waals surface area contributed by atoms with Crippen LogP contribution in [0.3, 0.4) is 0 Å². The molecule has 1 N–H and O–H groups in total. The number of nitrogens with zero attached hydrogens (tertiary/aromatic N) is 3. The minimum atomic E-state index is -0.227. The van der Waals surface area contributed by atoms with E-state index in [9.17, 15) is 9.59 Å². The van der Waals surface area contributed by atoms with Crippen LogP contribution in [0.2, 0.25) is 0 Å². The number of fused-ring (bicyclic) bond motifs is 1. The molecule has 0 saturated carbocycles. The van der Waals surface area contributed by atoms with Crippen LogP contribution < -0.4 is 15.0 Å². The number of thiazole rings is 1. The van der Waals surface area contributed by atoms with Gasteiger partial charge in [0.1, 0.15) is 5.75 Å². The van der Waals surface area contributed by atoms with Crippen molar-refractivity contribution in [1.29, 1.82) is 0 Å². The average molecular weight is 477 g/mol. The summed E-state index contributed by atoms with van der Waals surface area (Å²) in [4.78, 5) is 36.1. The van der Waals surface area contributed by atoms with Crippen molar-refractivity contribution in [2.75, 3.05) is 43.5 Å². The number of aromatic nitrogens is 1. The van der Waals surface area contributed by atoms with Crippen molar-refractivity contribution in [2.24, 2.45) is 0 Å². The van der Waals surface area contributed by atoms with Crippen molar-refractivity contribution >= 4 is 34.0 Å². The molecule has 2 aromatic carbocycles. The molecule has 2 heterocycles. The predicted molar refractivity (Wildman–Crippen MR) is 134 cm³/mol. The van der Waals surface area contributed by atoms with Crippen molar-refractivity contribution in [2.45, 2.75) is 25.2 Å². The monoisotopic (exact) mass is 476 g/mol. The minimum absolute atomic E-state index is 0.154. The van der Waals surface area contributed by atoms with Crippen LogP contribution in [0.4, 0.5) is 10.8 Å². The molecule has 5 rings (SSSR count). The van der Waals surface area contributed by atoms with Crippen LogP contribution in [0, 0.1) is 0 Å². The maximum atomic E-state index is 13.5. The minimum Gasteiger partial charge on any atom is -0.497 e. The number of methoxy groups -OCH3 is 1. The van der Waals surface area contributed by atoms with Gasteiger partial charge in [-0.2, -0.15) is 0 Å². The Morgan fingerprint density at radius 2 is 1.76 bits per heavy atom. The summed E-state index contributed by atoms with van der Waals surface area (Å²) in [6, 6.07) is 17.2. The van der Waals surface area contributed by atoms with Gasteiger partial charge >= 0.3 is 0 Å². The summed E-state index contributed by atoms with van der Waals surface area (Å²) in [7, 11) is 1.67. The van der Waals surface area contributed by atoms with Gasteiger partial charge in [-0.15, -0.1) is 11.3 Å². The lowest BCUT2D eigenvalue weighted by atomic mass is 9.89. The molecule has 1 saturated heterocycles. The first kappa shape index (κ1) is 22.4. The second kappa shape index (κ2) is 9.85. The van der Waals surface area contributed by atoms with Gasteiger partial charge in [-0.05, 0) is 55.7 Å². The summed E-state index contributed by atoms with van der Waals surface area (Å²) >= 11 is 1.49.